The summed E-state index contributed by atoms with van der Waals surface area (Å²) in [6.45, 7) is 6.20. The van der Waals surface area contributed by atoms with Gasteiger partial charge in [-0.15, -0.1) is 11.3 Å². The molecular formula is C16H20N2OS. The van der Waals surface area contributed by atoms with Crippen LogP contribution in [0.3, 0.4) is 0 Å². The van der Waals surface area contributed by atoms with E-state index in [1.165, 1.54) is 4.88 Å². The van der Waals surface area contributed by atoms with Crippen molar-refractivity contribution in [2.75, 3.05) is 13.1 Å². The van der Waals surface area contributed by atoms with Crippen LogP contribution in [0.2, 0.25) is 0 Å². The highest BCUT2D eigenvalue weighted by Crippen LogP contribution is 2.18. The minimum Gasteiger partial charge on any atom is -0.292 e. The fourth-order valence-corrected chi connectivity index (χ4v) is 2.88. The first-order chi connectivity index (χ1) is 9.72. The predicted molar refractivity (Wildman–Crippen MR) is 83.2 cm³/mol. The Balaban J connectivity index is 1.97. The average molecular weight is 288 g/mol. The normalized spacial score (nSPS) is 10.9. The van der Waals surface area contributed by atoms with Crippen LogP contribution in [-0.4, -0.2) is 28.8 Å². The molecule has 0 N–H and O–H groups in total. The molecule has 20 heavy (non-hydrogen) atoms. The topological polar surface area (TPSA) is 33.2 Å². The molecule has 0 unspecified atom stereocenters. The molecule has 0 fully saturated rings. The van der Waals surface area contributed by atoms with Gasteiger partial charge in [0.15, 0.2) is 5.78 Å². The van der Waals surface area contributed by atoms with Crippen LogP contribution >= 0.6 is 11.3 Å². The number of hydrogen-bond donors (Lipinski definition) is 0. The van der Waals surface area contributed by atoms with Crippen LogP contribution in [0.5, 0.6) is 0 Å². The molecule has 0 aliphatic carbocycles. The number of carbonyl (C=O) groups is 1. The van der Waals surface area contributed by atoms with Crippen LogP contribution in [0.1, 0.15) is 34.1 Å². The van der Waals surface area contributed by atoms with E-state index in [-0.39, 0.29) is 5.78 Å². The molecule has 0 atom stereocenters. The van der Waals surface area contributed by atoms with E-state index in [9.17, 15) is 4.79 Å². The third-order valence-electron chi connectivity index (χ3n) is 3.21. The van der Waals surface area contributed by atoms with Crippen molar-refractivity contribution < 1.29 is 4.79 Å². The third-order valence-corrected chi connectivity index (χ3v) is 4.48. The quantitative estimate of drug-likeness (QED) is 0.732. The van der Waals surface area contributed by atoms with Gasteiger partial charge in [0, 0.05) is 17.6 Å². The number of pyridine rings is 1. The summed E-state index contributed by atoms with van der Waals surface area (Å²) in [5, 5.41) is 0. The van der Waals surface area contributed by atoms with Gasteiger partial charge in [-0.2, -0.15) is 0 Å². The van der Waals surface area contributed by atoms with Gasteiger partial charge >= 0.3 is 0 Å². The first kappa shape index (κ1) is 14.9. The molecule has 2 aromatic rings. The summed E-state index contributed by atoms with van der Waals surface area (Å²) in [5.74, 6) is 0.201. The van der Waals surface area contributed by atoms with Crippen molar-refractivity contribution in [2.24, 2.45) is 0 Å². The first-order valence-corrected chi connectivity index (χ1v) is 7.78. The number of ketones is 1. The zero-order valence-electron chi connectivity index (χ0n) is 12.0. The number of carbonyl (C=O) groups excluding carboxylic acids is 1. The molecule has 106 valence electrons. The van der Waals surface area contributed by atoms with Crippen molar-refractivity contribution in [2.45, 2.75) is 26.8 Å². The van der Waals surface area contributed by atoms with Crippen LogP contribution in [0.15, 0.2) is 36.5 Å². The molecule has 4 heteroatoms. The predicted octanol–water partition coefficient (Wildman–Crippen LogP) is 3.41. The van der Waals surface area contributed by atoms with Crippen LogP contribution in [-0.2, 0) is 13.0 Å². The van der Waals surface area contributed by atoms with E-state index in [1.807, 2.05) is 30.3 Å². The van der Waals surface area contributed by atoms with Gasteiger partial charge in [-0.25, -0.2) is 0 Å². The Kier molecular flexibility index (Phi) is 5.44. The number of likely N-dealkylation sites (N-methyl/N-ethyl adjacent to an activating group) is 1. The van der Waals surface area contributed by atoms with Gasteiger partial charge in [-0.1, -0.05) is 19.9 Å². The number of thiophene rings is 1. The summed E-state index contributed by atoms with van der Waals surface area (Å²) in [7, 11) is 0. The van der Waals surface area contributed by atoms with Gasteiger partial charge in [-0.05, 0) is 37.2 Å². The smallest absolute Gasteiger partial charge is 0.186 e. The van der Waals surface area contributed by atoms with E-state index >= 15 is 0 Å². The highest BCUT2D eigenvalue weighted by molar-refractivity contribution is 7.14. The molecule has 2 aromatic heterocycles. The van der Waals surface area contributed by atoms with Gasteiger partial charge in [0.25, 0.3) is 0 Å². The van der Waals surface area contributed by atoms with E-state index in [0.717, 1.165) is 30.1 Å². The summed E-state index contributed by atoms with van der Waals surface area (Å²) in [4.78, 5) is 20.8. The zero-order valence-corrected chi connectivity index (χ0v) is 12.8. The summed E-state index contributed by atoms with van der Waals surface area (Å²) in [6, 6.07) is 9.87. The maximum absolute atomic E-state index is 12.3. The molecule has 0 bridgehead atoms. The molecule has 0 aliphatic rings. The average Bonchev–Trinajstić information content (AvgIpc) is 2.96. The van der Waals surface area contributed by atoms with Crippen LogP contribution in [0.4, 0.5) is 0 Å². The first-order valence-electron chi connectivity index (χ1n) is 6.97. The second-order valence-corrected chi connectivity index (χ2v) is 5.84. The Morgan fingerprint density at radius 3 is 2.70 bits per heavy atom. The largest absolute Gasteiger partial charge is 0.292 e. The molecule has 2 rings (SSSR count). The van der Waals surface area contributed by atoms with Crippen LogP contribution < -0.4 is 0 Å². The Labute approximate surface area is 124 Å². The molecule has 0 amide bonds. The number of hydrogen-bond acceptors (Lipinski definition) is 4. The van der Waals surface area contributed by atoms with Crippen molar-refractivity contribution in [3.05, 3.63) is 52.0 Å². The number of nitrogens with zero attached hydrogens (tertiary/aromatic N) is 2. The van der Waals surface area contributed by atoms with E-state index in [2.05, 4.69) is 23.7 Å². The lowest BCUT2D eigenvalue weighted by Gasteiger charge is -2.18. The minimum atomic E-state index is 0.201. The maximum atomic E-state index is 12.3. The molecule has 0 saturated heterocycles. The molecule has 0 aromatic carbocycles. The van der Waals surface area contributed by atoms with Gasteiger partial charge in [0.2, 0.25) is 0 Å². The summed E-state index contributed by atoms with van der Waals surface area (Å²) < 4.78 is 0. The highest BCUT2D eigenvalue weighted by atomic mass is 32.1. The van der Waals surface area contributed by atoms with E-state index in [1.54, 1.807) is 17.5 Å². The third kappa shape index (κ3) is 3.99. The van der Waals surface area contributed by atoms with Crippen molar-refractivity contribution in [1.82, 2.24) is 9.88 Å². The highest BCUT2D eigenvalue weighted by Gasteiger charge is 2.14. The zero-order chi connectivity index (χ0) is 14.4. The lowest BCUT2D eigenvalue weighted by molar-refractivity contribution is 0.0933. The molecular weight excluding hydrogens is 268 g/mol. The number of rotatable bonds is 7. The monoisotopic (exact) mass is 288 g/mol. The van der Waals surface area contributed by atoms with Crippen molar-refractivity contribution in [1.29, 1.82) is 0 Å². The van der Waals surface area contributed by atoms with Crippen molar-refractivity contribution >= 4 is 17.1 Å². The van der Waals surface area contributed by atoms with E-state index in [4.69, 9.17) is 0 Å². The molecule has 2 heterocycles. The minimum absolute atomic E-state index is 0.201. The summed E-state index contributed by atoms with van der Waals surface area (Å²) >= 11 is 1.61. The standard InChI is InChI=1S/C16H20N2OS/c1-3-14-8-9-16(20-14)15(19)12-18(4-2)11-13-7-5-6-10-17-13/h5-10H,3-4,11-12H2,1-2H3. The Morgan fingerprint density at radius 2 is 2.10 bits per heavy atom. The van der Waals surface area contributed by atoms with Crippen LogP contribution in [0, 0.1) is 0 Å². The fraction of sp³-hybridized carbons (Fsp3) is 0.375. The molecule has 0 aliphatic heterocycles. The Morgan fingerprint density at radius 1 is 1.25 bits per heavy atom. The molecule has 0 saturated carbocycles. The number of Topliss-reactive ketones (excluding diaryl/α,β-unsaturated/α-hetero) is 1. The second kappa shape index (κ2) is 7.31. The van der Waals surface area contributed by atoms with Crippen molar-refractivity contribution in [3.8, 4) is 0 Å². The molecule has 0 spiro atoms. The SMILES string of the molecule is CCc1ccc(C(=O)CN(CC)Cc2ccccn2)s1. The fourth-order valence-electron chi connectivity index (χ4n) is 2.00. The van der Waals surface area contributed by atoms with Gasteiger partial charge in [0.05, 0.1) is 17.1 Å². The Bertz CT molecular complexity index is 551. The second-order valence-electron chi connectivity index (χ2n) is 4.67. The van der Waals surface area contributed by atoms with Gasteiger partial charge in [0.1, 0.15) is 0 Å². The van der Waals surface area contributed by atoms with Gasteiger partial charge < -0.3 is 0 Å². The maximum Gasteiger partial charge on any atom is 0.186 e. The lowest BCUT2D eigenvalue weighted by Crippen LogP contribution is -2.29. The van der Waals surface area contributed by atoms with E-state index in [0.29, 0.717) is 6.54 Å². The summed E-state index contributed by atoms with van der Waals surface area (Å²) in [6.07, 6.45) is 2.78. The van der Waals surface area contributed by atoms with Crippen molar-refractivity contribution in [3.63, 3.8) is 0 Å². The van der Waals surface area contributed by atoms with E-state index < -0.39 is 0 Å². The van der Waals surface area contributed by atoms with Crippen LogP contribution in [0.25, 0.3) is 0 Å². The van der Waals surface area contributed by atoms with Gasteiger partial charge in [-0.3, -0.25) is 14.7 Å². The molecule has 3 nitrogen and oxygen atoms in total. The number of aryl methyl sites for hydroxylation is 1. The molecule has 0 radical (unpaired) electrons. The lowest BCUT2D eigenvalue weighted by atomic mass is 10.2. The number of aromatic nitrogens is 1. The Hall–Kier alpha value is -1.52. The summed E-state index contributed by atoms with van der Waals surface area (Å²) in [5.41, 5.74) is 1.00.